The molecule has 1 saturated carbocycles. The average Bonchev–Trinajstić information content (AvgIpc) is 2.90. The molecule has 6 N–H and O–H groups in total. The molecule has 10 heteroatoms. The van der Waals surface area contributed by atoms with Gasteiger partial charge in [0.2, 0.25) is 5.95 Å². The summed E-state index contributed by atoms with van der Waals surface area (Å²) in [4.78, 5) is 7.98. The molecule has 2 aromatic rings. The SMILES string of the molecule is Cc1ccc(/N=N/c2c(Cl)nc(N)nc2N[C@@H]2C[C@H](CO)[C@@H](O)[C@H]2O)cc1. The molecular weight excluding hydrogens is 372 g/mol. The van der Waals surface area contributed by atoms with Crippen molar-refractivity contribution in [2.75, 3.05) is 17.7 Å². The monoisotopic (exact) mass is 392 g/mol. The van der Waals surface area contributed by atoms with Gasteiger partial charge in [0, 0.05) is 12.5 Å². The number of hydrogen-bond acceptors (Lipinski definition) is 9. The fourth-order valence-corrected chi connectivity index (χ4v) is 3.19. The Balaban J connectivity index is 1.88. The standard InChI is InChI=1S/C17H21ClN6O3/c1-8-2-4-10(5-3-8)23-24-12-15(18)21-17(19)22-16(12)20-11-6-9(7-25)13(26)14(11)27/h2-5,9,11,13-14,25-27H,6-7H2,1H3,(H3,19,20,21,22)/b24-23+/t9-,11-,13-,14+/m1/s1. The number of aromatic nitrogens is 2. The summed E-state index contributed by atoms with van der Waals surface area (Å²) in [6, 6.07) is 6.86. The van der Waals surface area contributed by atoms with E-state index in [1.54, 1.807) is 12.1 Å². The van der Waals surface area contributed by atoms with Crippen LogP contribution in [0.2, 0.25) is 5.15 Å². The van der Waals surface area contributed by atoms with Crippen molar-refractivity contribution in [1.82, 2.24) is 9.97 Å². The van der Waals surface area contributed by atoms with E-state index in [2.05, 4.69) is 25.5 Å². The Morgan fingerprint density at radius 3 is 2.52 bits per heavy atom. The molecule has 0 amide bonds. The molecule has 0 spiro atoms. The van der Waals surface area contributed by atoms with Crippen LogP contribution >= 0.6 is 11.6 Å². The lowest BCUT2D eigenvalue weighted by Gasteiger charge is -2.19. The third-order valence-electron chi connectivity index (χ3n) is 4.52. The molecule has 1 heterocycles. The Morgan fingerprint density at radius 2 is 1.89 bits per heavy atom. The Kier molecular flexibility index (Phi) is 5.85. The summed E-state index contributed by atoms with van der Waals surface area (Å²) in [5, 5.41) is 40.8. The second-order valence-corrected chi connectivity index (χ2v) is 6.87. The number of aryl methyl sites for hydroxylation is 1. The number of nitrogen functional groups attached to an aromatic ring is 1. The Bertz CT molecular complexity index is 832. The van der Waals surface area contributed by atoms with Crippen LogP contribution in [0.5, 0.6) is 0 Å². The van der Waals surface area contributed by atoms with Crippen LogP contribution < -0.4 is 11.1 Å². The van der Waals surface area contributed by atoms with Crippen LogP contribution in [0.15, 0.2) is 34.5 Å². The van der Waals surface area contributed by atoms with E-state index in [9.17, 15) is 15.3 Å². The van der Waals surface area contributed by atoms with Crippen LogP contribution in [0.4, 0.5) is 23.1 Å². The lowest BCUT2D eigenvalue weighted by atomic mass is 10.1. The van der Waals surface area contributed by atoms with E-state index in [0.29, 0.717) is 12.1 Å². The van der Waals surface area contributed by atoms with Crippen LogP contribution in [-0.2, 0) is 0 Å². The molecular formula is C17H21ClN6O3. The van der Waals surface area contributed by atoms with Crippen LogP contribution in [0.25, 0.3) is 0 Å². The van der Waals surface area contributed by atoms with Gasteiger partial charge in [-0.1, -0.05) is 29.3 Å². The molecule has 1 aliphatic carbocycles. The average molecular weight is 393 g/mol. The number of hydrogen-bond donors (Lipinski definition) is 5. The number of halogens is 1. The van der Waals surface area contributed by atoms with Crippen LogP contribution in [0, 0.1) is 12.8 Å². The Hall–Kier alpha value is -2.33. The minimum Gasteiger partial charge on any atom is -0.396 e. The van der Waals surface area contributed by atoms with E-state index < -0.39 is 24.2 Å². The van der Waals surface area contributed by atoms with Crippen molar-refractivity contribution in [2.24, 2.45) is 16.1 Å². The lowest BCUT2D eigenvalue weighted by Crippen LogP contribution is -2.35. The third-order valence-corrected chi connectivity index (χ3v) is 4.78. The van der Waals surface area contributed by atoms with Gasteiger partial charge in [0.15, 0.2) is 16.7 Å². The maximum Gasteiger partial charge on any atom is 0.223 e. The van der Waals surface area contributed by atoms with E-state index in [1.165, 1.54) is 0 Å². The number of nitrogens with zero attached hydrogens (tertiary/aromatic N) is 4. The van der Waals surface area contributed by atoms with Crippen molar-refractivity contribution < 1.29 is 15.3 Å². The number of aliphatic hydroxyl groups excluding tert-OH is 3. The second-order valence-electron chi connectivity index (χ2n) is 6.52. The zero-order chi connectivity index (χ0) is 19.6. The largest absolute Gasteiger partial charge is 0.396 e. The molecule has 144 valence electrons. The lowest BCUT2D eigenvalue weighted by molar-refractivity contribution is 0.00446. The molecule has 27 heavy (non-hydrogen) atoms. The van der Waals surface area contributed by atoms with Crippen molar-refractivity contribution in [1.29, 1.82) is 0 Å². The van der Waals surface area contributed by atoms with Gasteiger partial charge in [-0.05, 0) is 25.5 Å². The predicted octanol–water partition coefficient (Wildman–Crippen LogP) is 1.95. The van der Waals surface area contributed by atoms with E-state index in [-0.39, 0.29) is 29.2 Å². The molecule has 4 atom stereocenters. The minimum absolute atomic E-state index is 0.00704. The predicted molar refractivity (Wildman–Crippen MR) is 101 cm³/mol. The number of nitrogens with one attached hydrogen (secondary N) is 1. The molecule has 1 aliphatic rings. The number of nitrogens with two attached hydrogens (primary N) is 1. The van der Waals surface area contributed by atoms with Gasteiger partial charge < -0.3 is 26.4 Å². The zero-order valence-electron chi connectivity index (χ0n) is 14.6. The molecule has 1 aromatic heterocycles. The van der Waals surface area contributed by atoms with Gasteiger partial charge in [0.25, 0.3) is 0 Å². The molecule has 0 bridgehead atoms. The highest BCUT2D eigenvalue weighted by atomic mass is 35.5. The van der Waals surface area contributed by atoms with Gasteiger partial charge in [0.05, 0.1) is 17.8 Å². The minimum atomic E-state index is -1.08. The first-order chi connectivity index (χ1) is 12.9. The van der Waals surface area contributed by atoms with Crippen molar-refractivity contribution >= 4 is 34.7 Å². The first-order valence-corrected chi connectivity index (χ1v) is 8.81. The van der Waals surface area contributed by atoms with Crippen LogP contribution in [-0.4, -0.2) is 50.1 Å². The number of benzene rings is 1. The molecule has 0 aliphatic heterocycles. The summed E-state index contributed by atoms with van der Waals surface area (Å²) in [6.07, 6.45) is -1.78. The van der Waals surface area contributed by atoms with Crippen molar-refractivity contribution in [3.63, 3.8) is 0 Å². The normalized spacial score (nSPS) is 25.2. The molecule has 9 nitrogen and oxygen atoms in total. The molecule has 0 saturated heterocycles. The summed E-state index contributed by atoms with van der Waals surface area (Å²) < 4.78 is 0. The zero-order valence-corrected chi connectivity index (χ0v) is 15.4. The summed E-state index contributed by atoms with van der Waals surface area (Å²) >= 11 is 6.16. The highest BCUT2D eigenvalue weighted by molar-refractivity contribution is 6.32. The van der Waals surface area contributed by atoms with Crippen molar-refractivity contribution in [2.45, 2.75) is 31.6 Å². The van der Waals surface area contributed by atoms with Gasteiger partial charge in [-0.15, -0.1) is 5.11 Å². The Morgan fingerprint density at radius 1 is 1.19 bits per heavy atom. The number of anilines is 2. The summed E-state index contributed by atoms with van der Waals surface area (Å²) in [5.74, 6) is -0.313. The summed E-state index contributed by atoms with van der Waals surface area (Å²) in [6.45, 7) is 1.73. The van der Waals surface area contributed by atoms with Gasteiger partial charge >= 0.3 is 0 Å². The molecule has 1 fully saturated rings. The number of aliphatic hydroxyl groups is 3. The van der Waals surface area contributed by atoms with E-state index in [4.69, 9.17) is 17.3 Å². The molecule has 3 rings (SSSR count). The first kappa shape index (κ1) is 19.4. The van der Waals surface area contributed by atoms with Gasteiger partial charge in [-0.3, -0.25) is 0 Å². The van der Waals surface area contributed by atoms with Crippen LogP contribution in [0.3, 0.4) is 0 Å². The maximum absolute atomic E-state index is 10.2. The molecule has 0 radical (unpaired) electrons. The highest BCUT2D eigenvalue weighted by Crippen LogP contribution is 2.36. The topological polar surface area (TPSA) is 149 Å². The maximum atomic E-state index is 10.2. The fraction of sp³-hybridized carbons (Fsp3) is 0.412. The van der Waals surface area contributed by atoms with Gasteiger partial charge in [0.1, 0.15) is 6.10 Å². The van der Waals surface area contributed by atoms with E-state index >= 15 is 0 Å². The number of azo groups is 1. The summed E-state index contributed by atoms with van der Waals surface area (Å²) in [7, 11) is 0. The molecule has 1 aromatic carbocycles. The summed E-state index contributed by atoms with van der Waals surface area (Å²) in [5.41, 5.74) is 7.55. The van der Waals surface area contributed by atoms with Gasteiger partial charge in [-0.2, -0.15) is 15.1 Å². The number of rotatable bonds is 5. The first-order valence-electron chi connectivity index (χ1n) is 8.44. The van der Waals surface area contributed by atoms with Crippen molar-refractivity contribution in [3.8, 4) is 0 Å². The van der Waals surface area contributed by atoms with E-state index in [1.807, 2.05) is 19.1 Å². The van der Waals surface area contributed by atoms with Gasteiger partial charge in [-0.25, -0.2) is 0 Å². The Labute approximate surface area is 160 Å². The molecule has 0 unspecified atom stereocenters. The fourth-order valence-electron chi connectivity index (χ4n) is 2.98. The quantitative estimate of drug-likeness (QED) is 0.385. The van der Waals surface area contributed by atoms with Crippen molar-refractivity contribution in [3.05, 3.63) is 35.0 Å². The highest BCUT2D eigenvalue weighted by Gasteiger charge is 2.41. The second kappa shape index (κ2) is 8.13. The van der Waals surface area contributed by atoms with Crippen LogP contribution in [0.1, 0.15) is 12.0 Å². The smallest absolute Gasteiger partial charge is 0.223 e. The third kappa shape index (κ3) is 4.33. The van der Waals surface area contributed by atoms with E-state index in [0.717, 1.165) is 5.56 Å².